The van der Waals surface area contributed by atoms with Gasteiger partial charge < -0.3 is 4.74 Å². The van der Waals surface area contributed by atoms with E-state index in [4.69, 9.17) is 4.74 Å². The van der Waals surface area contributed by atoms with Gasteiger partial charge in [0.25, 0.3) is 0 Å². The standard InChI is InChI=1S/C14H17N3O4S/c1-3-21-13(20)11-5-15-14(16-6-11)17-7-10(4-12(17)19)8-22-9(2)18/h5-6,10H,3-4,7-8H2,1-2H3. The minimum absolute atomic E-state index is 0.0425. The van der Waals surface area contributed by atoms with Crippen LogP contribution in [0.2, 0.25) is 0 Å². The van der Waals surface area contributed by atoms with Crippen LogP contribution in [0, 0.1) is 5.92 Å². The lowest BCUT2D eigenvalue weighted by Crippen LogP contribution is -2.27. The van der Waals surface area contributed by atoms with Crippen LogP contribution < -0.4 is 4.90 Å². The second kappa shape index (κ2) is 7.35. The van der Waals surface area contributed by atoms with Gasteiger partial charge in [0.15, 0.2) is 5.12 Å². The normalized spacial score (nSPS) is 17.6. The van der Waals surface area contributed by atoms with Gasteiger partial charge in [0.05, 0.1) is 12.2 Å². The Morgan fingerprint density at radius 3 is 2.68 bits per heavy atom. The first-order chi connectivity index (χ1) is 10.5. The van der Waals surface area contributed by atoms with Crippen molar-refractivity contribution in [3.05, 3.63) is 18.0 Å². The minimum Gasteiger partial charge on any atom is -0.462 e. The van der Waals surface area contributed by atoms with Crippen LogP contribution in [0.3, 0.4) is 0 Å². The highest BCUT2D eigenvalue weighted by molar-refractivity contribution is 8.13. The third-order valence-corrected chi connectivity index (χ3v) is 4.16. The number of amides is 1. The Balaban J connectivity index is 2.01. The van der Waals surface area contributed by atoms with Gasteiger partial charge >= 0.3 is 5.97 Å². The minimum atomic E-state index is -0.488. The number of carbonyl (C=O) groups is 3. The molecule has 0 saturated carbocycles. The van der Waals surface area contributed by atoms with E-state index in [1.165, 1.54) is 36.0 Å². The first kappa shape index (κ1) is 16.4. The molecule has 1 aliphatic rings. The third-order valence-electron chi connectivity index (χ3n) is 3.12. The number of esters is 1. The summed E-state index contributed by atoms with van der Waals surface area (Å²) in [6, 6.07) is 0. The summed E-state index contributed by atoms with van der Waals surface area (Å²) in [6.45, 7) is 3.99. The van der Waals surface area contributed by atoms with E-state index < -0.39 is 5.97 Å². The fraction of sp³-hybridized carbons (Fsp3) is 0.500. The highest BCUT2D eigenvalue weighted by Gasteiger charge is 2.32. The number of hydrogen-bond acceptors (Lipinski definition) is 7. The first-order valence-electron chi connectivity index (χ1n) is 6.94. The van der Waals surface area contributed by atoms with E-state index >= 15 is 0 Å². The van der Waals surface area contributed by atoms with Crippen molar-refractivity contribution < 1.29 is 19.1 Å². The summed E-state index contributed by atoms with van der Waals surface area (Å²) < 4.78 is 4.85. The van der Waals surface area contributed by atoms with Crippen molar-refractivity contribution in [1.29, 1.82) is 0 Å². The smallest absolute Gasteiger partial charge is 0.341 e. The zero-order valence-corrected chi connectivity index (χ0v) is 13.3. The average molecular weight is 323 g/mol. The van der Waals surface area contributed by atoms with Crippen molar-refractivity contribution in [2.45, 2.75) is 20.3 Å². The van der Waals surface area contributed by atoms with Gasteiger partial charge in [-0.1, -0.05) is 11.8 Å². The fourth-order valence-corrected chi connectivity index (χ4v) is 2.80. The summed E-state index contributed by atoms with van der Waals surface area (Å²) >= 11 is 1.22. The lowest BCUT2D eigenvalue weighted by molar-refractivity contribution is -0.117. The molecule has 0 radical (unpaired) electrons. The summed E-state index contributed by atoms with van der Waals surface area (Å²) in [5.41, 5.74) is 0.251. The molecule has 0 bridgehead atoms. The number of hydrogen-bond donors (Lipinski definition) is 0. The molecule has 0 aromatic carbocycles. The maximum Gasteiger partial charge on any atom is 0.341 e. The number of anilines is 1. The molecule has 1 saturated heterocycles. The monoisotopic (exact) mass is 323 g/mol. The summed E-state index contributed by atoms with van der Waals surface area (Å²) in [4.78, 5) is 44.1. The van der Waals surface area contributed by atoms with E-state index in [0.29, 0.717) is 18.7 Å². The quantitative estimate of drug-likeness (QED) is 0.754. The maximum absolute atomic E-state index is 12.0. The van der Waals surface area contributed by atoms with Gasteiger partial charge in [-0.05, 0) is 12.8 Å². The number of nitrogens with zero attached hydrogens (tertiary/aromatic N) is 3. The predicted molar refractivity (Wildman–Crippen MR) is 81.6 cm³/mol. The van der Waals surface area contributed by atoms with Crippen molar-refractivity contribution in [3.63, 3.8) is 0 Å². The van der Waals surface area contributed by atoms with Gasteiger partial charge in [-0.15, -0.1) is 0 Å². The summed E-state index contributed by atoms with van der Waals surface area (Å²) in [6.07, 6.45) is 3.08. The molecular weight excluding hydrogens is 306 g/mol. The Labute approximate surface area is 132 Å². The molecule has 7 nitrogen and oxygen atoms in total. The molecule has 1 aliphatic heterocycles. The highest BCUT2D eigenvalue weighted by Crippen LogP contribution is 2.25. The number of aromatic nitrogens is 2. The van der Waals surface area contributed by atoms with E-state index in [9.17, 15) is 14.4 Å². The van der Waals surface area contributed by atoms with Crippen LogP contribution in [0.1, 0.15) is 30.6 Å². The number of carbonyl (C=O) groups excluding carboxylic acids is 3. The Morgan fingerprint density at radius 1 is 1.41 bits per heavy atom. The summed E-state index contributed by atoms with van der Waals surface area (Å²) in [5.74, 6) is 0.428. The molecular formula is C14H17N3O4S. The summed E-state index contributed by atoms with van der Waals surface area (Å²) in [7, 11) is 0. The molecule has 2 rings (SSSR count). The van der Waals surface area contributed by atoms with E-state index in [0.717, 1.165) is 0 Å². The molecule has 118 valence electrons. The zero-order valence-electron chi connectivity index (χ0n) is 12.4. The second-order valence-corrected chi connectivity index (χ2v) is 6.07. The van der Waals surface area contributed by atoms with Crippen LogP contribution in [0.5, 0.6) is 0 Å². The van der Waals surface area contributed by atoms with Crippen LogP contribution in [0.15, 0.2) is 12.4 Å². The molecule has 0 aliphatic carbocycles. The molecule has 1 aromatic heterocycles. The Bertz CT molecular complexity index is 576. The Kier molecular flexibility index (Phi) is 5.48. The number of rotatable bonds is 5. The third kappa shape index (κ3) is 4.03. The van der Waals surface area contributed by atoms with E-state index in [1.54, 1.807) is 6.92 Å². The molecule has 1 atom stereocenters. The van der Waals surface area contributed by atoms with Gasteiger partial charge in [-0.3, -0.25) is 14.5 Å². The number of ether oxygens (including phenoxy) is 1. The predicted octanol–water partition coefficient (Wildman–Crippen LogP) is 1.29. The molecule has 1 aromatic rings. The fourth-order valence-electron chi connectivity index (χ4n) is 2.10. The number of thioether (sulfide) groups is 1. The van der Waals surface area contributed by atoms with E-state index in [1.807, 2.05) is 0 Å². The molecule has 22 heavy (non-hydrogen) atoms. The largest absolute Gasteiger partial charge is 0.462 e. The van der Waals surface area contributed by atoms with Gasteiger partial charge in [0, 0.05) is 38.0 Å². The van der Waals surface area contributed by atoms with Crippen molar-refractivity contribution in [3.8, 4) is 0 Å². The van der Waals surface area contributed by atoms with Crippen LogP contribution >= 0.6 is 11.8 Å². The zero-order chi connectivity index (χ0) is 16.1. The van der Waals surface area contributed by atoms with Crippen LogP contribution in [0.25, 0.3) is 0 Å². The van der Waals surface area contributed by atoms with Gasteiger partial charge in [-0.2, -0.15) is 0 Å². The van der Waals surface area contributed by atoms with E-state index in [2.05, 4.69) is 9.97 Å². The van der Waals surface area contributed by atoms with Crippen LogP contribution in [-0.4, -0.2) is 45.9 Å². The molecule has 1 amide bonds. The van der Waals surface area contributed by atoms with E-state index in [-0.39, 0.29) is 35.1 Å². The topological polar surface area (TPSA) is 89.5 Å². The van der Waals surface area contributed by atoms with Crippen molar-refractivity contribution in [2.75, 3.05) is 23.8 Å². The van der Waals surface area contributed by atoms with Crippen LogP contribution in [-0.2, 0) is 14.3 Å². The van der Waals surface area contributed by atoms with Crippen LogP contribution in [0.4, 0.5) is 5.95 Å². The Morgan fingerprint density at radius 2 is 2.09 bits per heavy atom. The lowest BCUT2D eigenvalue weighted by Gasteiger charge is -2.14. The molecule has 0 N–H and O–H groups in total. The SMILES string of the molecule is CCOC(=O)c1cnc(N2CC(CSC(C)=O)CC2=O)nc1. The van der Waals surface area contributed by atoms with Crippen molar-refractivity contribution in [1.82, 2.24) is 9.97 Å². The van der Waals surface area contributed by atoms with Gasteiger partial charge in [0.2, 0.25) is 11.9 Å². The molecule has 1 unspecified atom stereocenters. The van der Waals surface area contributed by atoms with Crippen molar-refractivity contribution >= 4 is 34.7 Å². The summed E-state index contributed by atoms with van der Waals surface area (Å²) in [5, 5.41) is 0.0425. The molecule has 8 heteroatoms. The van der Waals surface area contributed by atoms with Crippen molar-refractivity contribution in [2.24, 2.45) is 5.92 Å². The molecule has 0 spiro atoms. The molecule has 1 fully saturated rings. The molecule has 2 heterocycles. The highest BCUT2D eigenvalue weighted by atomic mass is 32.2. The lowest BCUT2D eigenvalue weighted by atomic mass is 10.1. The maximum atomic E-state index is 12.0. The second-order valence-electron chi connectivity index (χ2n) is 4.87. The Hall–Kier alpha value is -1.96. The van der Waals surface area contributed by atoms with Gasteiger partial charge in [0.1, 0.15) is 0 Å². The first-order valence-corrected chi connectivity index (χ1v) is 7.92. The van der Waals surface area contributed by atoms with Gasteiger partial charge in [-0.25, -0.2) is 14.8 Å². The average Bonchev–Trinajstić information content (AvgIpc) is 2.86.